The van der Waals surface area contributed by atoms with Crippen LogP contribution in [-0.2, 0) is 0 Å². The van der Waals surface area contributed by atoms with Gasteiger partial charge in [0, 0.05) is 0 Å². The average Bonchev–Trinajstić information content (AvgIpc) is 2.21. The molecule has 1 aromatic rings. The van der Waals surface area contributed by atoms with Crippen molar-refractivity contribution in [2.75, 3.05) is 0 Å². The van der Waals surface area contributed by atoms with Gasteiger partial charge in [0.15, 0.2) is 0 Å². The largest absolute Gasteiger partial charge is 0.0877 e. The van der Waals surface area contributed by atoms with Crippen LogP contribution in [0.4, 0.5) is 0 Å². The topological polar surface area (TPSA) is 0 Å². The number of benzene rings is 1. The second-order valence-electron chi connectivity index (χ2n) is 3.01. The van der Waals surface area contributed by atoms with E-state index in [1.54, 1.807) is 0 Å². The summed E-state index contributed by atoms with van der Waals surface area (Å²) in [7, 11) is 0. The lowest BCUT2D eigenvalue weighted by Gasteiger charge is -1.98. The quantitative estimate of drug-likeness (QED) is 0.614. The van der Waals surface area contributed by atoms with Crippen molar-refractivity contribution in [3.05, 3.63) is 59.7 Å². The molecule has 0 spiro atoms. The van der Waals surface area contributed by atoms with Gasteiger partial charge in [0.25, 0.3) is 0 Å². The molecular formula is C14H16. The van der Waals surface area contributed by atoms with Crippen LogP contribution in [0.15, 0.2) is 48.6 Å². The standard InChI is InChI=1S/C14H16/c1-3-5-6-10-14-12-8-7-11-13(14)9-4-2/h3-12H,1-2H3/b5-3+,9-4-,10-6-. The molecule has 0 fully saturated rings. The Hall–Kier alpha value is -1.56. The molecule has 0 bridgehead atoms. The van der Waals surface area contributed by atoms with Gasteiger partial charge in [-0.25, -0.2) is 0 Å². The summed E-state index contributed by atoms with van der Waals surface area (Å²) >= 11 is 0. The van der Waals surface area contributed by atoms with E-state index in [2.05, 4.69) is 48.6 Å². The highest BCUT2D eigenvalue weighted by Gasteiger charge is 1.91. The fourth-order valence-corrected chi connectivity index (χ4v) is 1.26. The highest BCUT2D eigenvalue weighted by molar-refractivity contribution is 5.65. The first kappa shape index (κ1) is 10.5. The lowest BCUT2D eigenvalue weighted by atomic mass is 10.1. The summed E-state index contributed by atoms with van der Waals surface area (Å²) in [5, 5.41) is 0. The van der Waals surface area contributed by atoms with Crippen LogP contribution in [-0.4, -0.2) is 0 Å². The van der Waals surface area contributed by atoms with Crippen molar-refractivity contribution in [2.45, 2.75) is 13.8 Å². The van der Waals surface area contributed by atoms with E-state index in [1.165, 1.54) is 11.1 Å². The smallest absolute Gasteiger partial charge is 0.0184 e. The summed E-state index contributed by atoms with van der Waals surface area (Å²) in [5.41, 5.74) is 2.51. The zero-order chi connectivity index (χ0) is 10.2. The van der Waals surface area contributed by atoms with Crippen LogP contribution < -0.4 is 0 Å². The molecular weight excluding hydrogens is 168 g/mol. The van der Waals surface area contributed by atoms with E-state index in [0.717, 1.165) is 0 Å². The Bertz CT molecular complexity index is 354. The zero-order valence-electron chi connectivity index (χ0n) is 8.77. The molecule has 0 aliphatic heterocycles. The van der Waals surface area contributed by atoms with Crippen molar-refractivity contribution in [1.82, 2.24) is 0 Å². The second kappa shape index (κ2) is 5.98. The summed E-state index contributed by atoms with van der Waals surface area (Å²) in [6.07, 6.45) is 12.4. The van der Waals surface area contributed by atoms with Crippen molar-refractivity contribution in [3.8, 4) is 0 Å². The highest BCUT2D eigenvalue weighted by Crippen LogP contribution is 2.12. The molecule has 0 aromatic heterocycles. The monoisotopic (exact) mass is 184 g/mol. The molecule has 0 N–H and O–H groups in total. The van der Waals surface area contributed by atoms with Gasteiger partial charge < -0.3 is 0 Å². The summed E-state index contributed by atoms with van der Waals surface area (Å²) in [4.78, 5) is 0. The van der Waals surface area contributed by atoms with Gasteiger partial charge in [-0.05, 0) is 25.0 Å². The van der Waals surface area contributed by atoms with Crippen molar-refractivity contribution in [2.24, 2.45) is 0 Å². The van der Waals surface area contributed by atoms with Crippen molar-refractivity contribution in [3.63, 3.8) is 0 Å². The first-order valence-electron chi connectivity index (χ1n) is 4.89. The molecule has 0 aliphatic rings. The van der Waals surface area contributed by atoms with Gasteiger partial charge in [0.2, 0.25) is 0 Å². The molecule has 0 nitrogen and oxygen atoms in total. The van der Waals surface area contributed by atoms with Crippen LogP contribution in [0.3, 0.4) is 0 Å². The molecule has 0 heteroatoms. The van der Waals surface area contributed by atoms with E-state index in [4.69, 9.17) is 0 Å². The molecule has 0 amide bonds. The molecule has 0 aliphatic carbocycles. The third-order valence-electron chi connectivity index (χ3n) is 1.92. The van der Waals surface area contributed by atoms with Crippen molar-refractivity contribution >= 4 is 12.2 Å². The Labute approximate surface area is 86.3 Å². The molecule has 72 valence electrons. The number of hydrogen-bond donors (Lipinski definition) is 0. The van der Waals surface area contributed by atoms with Gasteiger partial charge in [-0.15, -0.1) is 0 Å². The summed E-state index contributed by atoms with van der Waals surface area (Å²) in [6.45, 7) is 4.05. The maximum absolute atomic E-state index is 2.12. The zero-order valence-corrected chi connectivity index (χ0v) is 8.77. The molecule has 0 radical (unpaired) electrons. The first-order chi connectivity index (χ1) is 6.88. The normalized spacial score (nSPS) is 12.1. The highest BCUT2D eigenvalue weighted by atomic mass is 14.0. The lowest BCUT2D eigenvalue weighted by molar-refractivity contribution is 1.60. The van der Waals surface area contributed by atoms with E-state index in [9.17, 15) is 0 Å². The molecule has 14 heavy (non-hydrogen) atoms. The number of hydrogen-bond acceptors (Lipinski definition) is 0. The third kappa shape index (κ3) is 3.06. The Kier molecular flexibility index (Phi) is 4.49. The van der Waals surface area contributed by atoms with Crippen LogP contribution in [0.5, 0.6) is 0 Å². The molecule has 0 heterocycles. The van der Waals surface area contributed by atoms with Crippen LogP contribution in [0.25, 0.3) is 12.2 Å². The molecule has 0 atom stereocenters. The van der Waals surface area contributed by atoms with E-state index in [-0.39, 0.29) is 0 Å². The molecule has 1 rings (SSSR count). The Morgan fingerprint density at radius 3 is 2.00 bits per heavy atom. The average molecular weight is 184 g/mol. The second-order valence-corrected chi connectivity index (χ2v) is 3.01. The van der Waals surface area contributed by atoms with Crippen LogP contribution in [0.2, 0.25) is 0 Å². The third-order valence-corrected chi connectivity index (χ3v) is 1.92. The van der Waals surface area contributed by atoms with Crippen molar-refractivity contribution < 1.29 is 0 Å². The Morgan fingerprint density at radius 1 is 0.786 bits per heavy atom. The fraction of sp³-hybridized carbons (Fsp3) is 0.143. The van der Waals surface area contributed by atoms with Gasteiger partial charge in [-0.1, -0.05) is 60.7 Å². The minimum absolute atomic E-state index is 1.25. The van der Waals surface area contributed by atoms with Gasteiger partial charge in [0.1, 0.15) is 0 Å². The van der Waals surface area contributed by atoms with Crippen LogP contribution >= 0.6 is 0 Å². The summed E-state index contributed by atoms with van der Waals surface area (Å²) in [6, 6.07) is 8.36. The van der Waals surface area contributed by atoms with Gasteiger partial charge in [-0.3, -0.25) is 0 Å². The number of rotatable bonds is 3. The van der Waals surface area contributed by atoms with Gasteiger partial charge in [0.05, 0.1) is 0 Å². The molecule has 0 unspecified atom stereocenters. The van der Waals surface area contributed by atoms with E-state index in [1.807, 2.05) is 26.0 Å². The van der Waals surface area contributed by atoms with E-state index >= 15 is 0 Å². The Morgan fingerprint density at radius 2 is 1.43 bits per heavy atom. The minimum Gasteiger partial charge on any atom is -0.0877 e. The SMILES string of the molecule is C/C=C\c1ccccc1/C=C\C=C\C. The van der Waals surface area contributed by atoms with E-state index < -0.39 is 0 Å². The molecule has 0 saturated carbocycles. The van der Waals surface area contributed by atoms with Gasteiger partial charge >= 0.3 is 0 Å². The predicted octanol–water partition coefficient (Wildman–Crippen LogP) is 4.31. The fourth-order valence-electron chi connectivity index (χ4n) is 1.26. The minimum atomic E-state index is 1.25. The van der Waals surface area contributed by atoms with Crippen molar-refractivity contribution in [1.29, 1.82) is 0 Å². The summed E-state index contributed by atoms with van der Waals surface area (Å²) in [5.74, 6) is 0. The summed E-state index contributed by atoms with van der Waals surface area (Å²) < 4.78 is 0. The van der Waals surface area contributed by atoms with E-state index in [0.29, 0.717) is 0 Å². The Balaban J connectivity index is 2.95. The van der Waals surface area contributed by atoms with Crippen LogP contribution in [0.1, 0.15) is 25.0 Å². The maximum atomic E-state index is 2.12. The molecule has 0 saturated heterocycles. The van der Waals surface area contributed by atoms with Gasteiger partial charge in [-0.2, -0.15) is 0 Å². The van der Waals surface area contributed by atoms with Crippen LogP contribution in [0, 0.1) is 0 Å². The molecule has 1 aromatic carbocycles. The number of allylic oxidation sites excluding steroid dienone is 4. The first-order valence-corrected chi connectivity index (χ1v) is 4.89. The maximum Gasteiger partial charge on any atom is -0.0184 e. The predicted molar refractivity (Wildman–Crippen MR) is 65.0 cm³/mol. The lowest BCUT2D eigenvalue weighted by Crippen LogP contribution is -1.78.